The number of nitrogens with zero attached hydrogens (tertiary/aromatic N) is 1. The summed E-state index contributed by atoms with van der Waals surface area (Å²) >= 11 is 0. The lowest BCUT2D eigenvalue weighted by Crippen LogP contribution is -2.59. The molecular formula is C93H160N6O22. The van der Waals surface area contributed by atoms with E-state index < -0.39 is 53.4 Å². The fourth-order valence-corrected chi connectivity index (χ4v) is 7.69. The van der Waals surface area contributed by atoms with Gasteiger partial charge >= 0.3 is 65.7 Å². The normalized spacial score (nSPS) is 11.4. The summed E-state index contributed by atoms with van der Waals surface area (Å²) in [5.74, 6) is -5.08. The number of esters is 11. The molecule has 28 nitrogen and oxygen atoms in total. The van der Waals surface area contributed by atoms with Crippen molar-refractivity contribution in [3.05, 3.63) is 134 Å². The Labute approximate surface area is 727 Å². The summed E-state index contributed by atoms with van der Waals surface area (Å²) in [6.45, 7) is 103. The minimum atomic E-state index is -1.14. The summed E-state index contributed by atoms with van der Waals surface area (Å²) < 4.78 is 56.5. The smallest absolute Gasteiger partial charge is 0.333 e. The largest absolute Gasteiger partial charge is 0.462 e. The number of carbonyl (C=O) groups excluding carboxylic acids is 11. The molecule has 28 heteroatoms. The second kappa shape index (κ2) is 63.1. The summed E-state index contributed by atoms with van der Waals surface area (Å²) in [5, 5.41) is 16.2. The van der Waals surface area contributed by atoms with E-state index in [0.717, 1.165) is 39.1 Å². The molecule has 1 unspecified atom stereocenters. The first-order valence-corrected chi connectivity index (χ1v) is 40.4. The van der Waals surface area contributed by atoms with E-state index in [1.165, 1.54) is 20.8 Å². The second-order valence-electron chi connectivity index (χ2n) is 37.4. The Morgan fingerprint density at radius 1 is 0.289 bits per heavy atom. The van der Waals surface area contributed by atoms with E-state index in [4.69, 9.17) is 52.1 Å². The third-order valence-corrected chi connectivity index (χ3v) is 14.3. The van der Waals surface area contributed by atoms with Gasteiger partial charge in [-0.05, 0) is 128 Å². The van der Waals surface area contributed by atoms with Crippen LogP contribution in [-0.4, -0.2) is 226 Å². The number of nitrogens with one attached hydrogen (secondary N) is 5. The highest BCUT2D eigenvalue weighted by atomic mass is 16.6. The predicted octanol–water partition coefficient (Wildman–Crippen LogP) is 13.6. The van der Waals surface area contributed by atoms with E-state index in [9.17, 15) is 52.7 Å². The molecule has 0 rings (SSSR count). The Morgan fingerprint density at radius 2 is 0.554 bits per heavy atom. The lowest BCUT2D eigenvalue weighted by molar-refractivity contribution is -0.153. The first-order valence-electron chi connectivity index (χ1n) is 40.4. The molecule has 0 saturated carbocycles. The van der Waals surface area contributed by atoms with Crippen LogP contribution in [0.1, 0.15) is 207 Å². The molecule has 0 saturated heterocycles. The van der Waals surface area contributed by atoms with Crippen LogP contribution >= 0.6 is 0 Å². The van der Waals surface area contributed by atoms with E-state index in [1.54, 1.807) is 55.4 Å². The van der Waals surface area contributed by atoms with E-state index in [1.807, 2.05) is 20.8 Å². The van der Waals surface area contributed by atoms with Crippen LogP contribution < -0.4 is 26.6 Å². The zero-order valence-electron chi connectivity index (χ0n) is 79.9. The monoisotopic (exact) mass is 1710 g/mol. The summed E-state index contributed by atoms with van der Waals surface area (Å²) in [4.78, 5) is 128. The number of hydrogen-bond acceptors (Lipinski definition) is 28. The topological polar surface area (TPSA) is 353 Å². The van der Waals surface area contributed by atoms with Gasteiger partial charge in [0.2, 0.25) is 0 Å². The molecule has 0 aromatic carbocycles. The lowest BCUT2D eigenvalue weighted by atomic mass is 9.94. The van der Waals surface area contributed by atoms with Crippen LogP contribution in [0.4, 0.5) is 0 Å². The van der Waals surface area contributed by atoms with Crippen molar-refractivity contribution in [2.75, 3.05) is 138 Å². The molecule has 0 heterocycles. The molecule has 0 aromatic heterocycles. The highest BCUT2D eigenvalue weighted by molar-refractivity contribution is 5.91. The molecule has 0 bridgehead atoms. The first kappa shape index (κ1) is 123. The van der Waals surface area contributed by atoms with Gasteiger partial charge in [-0.1, -0.05) is 197 Å². The summed E-state index contributed by atoms with van der Waals surface area (Å²) in [6, 6.07) is -0.268. The molecule has 0 aliphatic carbocycles. The van der Waals surface area contributed by atoms with E-state index >= 15 is 0 Å². The maximum absolute atomic E-state index is 11.9. The highest BCUT2D eigenvalue weighted by Gasteiger charge is 2.37. The van der Waals surface area contributed by atoms with Gasteiger partial charge in [0, 0.05) is 120 Å². The summed E-state index contributed by atoms with van der Waals surface area (Å²) in [6.07, 6.45) is 0.287. The molecule has 0 amide bonds. The second-order valence-corrected chi connectivity index (χ2v) is 37.4. The molecule has 0 fully saturated rings. The number of ether oxygens (including phenoxy) is 11. The van der Waals surface area contributed by atoms with Gasteiger partial charge in [-0.2, -0.15) is 0 Å². The van der Waals surface area contributed by atoms with Crippen molar-refractivity contribution >= 4 is 65.7 Å². The highest BCUT2D eigenvalue weighted by Crippen LogP contribution is 2.20. The zero-order chi connectivity index (χ0) is 95.8. The van der Waals surface area contributed by atoms with Gasteiger partial charge in [0.05, 0.1) is 12.6 Å². The molecule has 0 aliphatic rings. The van der Waals surface area contributed by atoms with Crippen molar-refractivity contribution in [1.29, 1.82) is 0 Å². The van der Waals surface area contributed by atoms with Crippen molar-refractivity contribution < 1.29 is 105 Å². The quantitative estimate of drug-likeness (QED) is 0.0163. The van der Waals surface area contributed by atoms with Crippen molar-refractivity contribution in [1.82, 2.24) is 31.5 Å². The average Bonchev–Trinajstić information content (AvgIpc) is 0.820. The Balaban J connectivity index is -0.000000332. The fraction of sp³-hybridized carbons (Fsp3) is 0.645. The third kappa shape index (κ3) is 80.6. The van der Waals surface area contributed by atoms with Crippen LogP contribution in [0.3, 0.4) is 0 Å². The summed E-state index contributed by atoms with van der Waals surface area (Å²) in [7, 11) is 0. The lowest BCUT2D eigenvalue weighted by Gasteiger charge is -2.35. The van der Waals surface area contributed by atoms with Crippen molar-refractivity contribution in [2.24, 2.45) is 32.5 Å². The molecule has 121 heavy (non-hydrogen) atoms. The number of carbonyl (C=O) groups is 11. The minimum absolute atomic E-state index is 0.0120. The van der Waals surface area contributed by atoms with Crippen LogP contribution in [-0.2, 0) is 105 Å². The van der Waals surface area contributed by atoms with Crippen LogP contribution in [0.2, 0.25) is 0 Å². The average molecular weight is 1710 g/mol. The number of hydrogen-bond donors (Lipinski definition) is 5. The van der Waals surface area contributed by atoms with E-state index in [-0.39, 0.29) is 127 Å². The standard InChI is InChI=1S/C21H33NO6.C17H29NO4.2C16H27NO4.C12H23NO2.C11H21NO2/c1-14(2)17(23)26-11-21(22-10-20(7,8)9,12-27-18(24)15(3)4)13-28-19(25)16(5)6;1-13(2)15(19)21-10-8-18(12-17(5,6)7)9-11-22-16(20)14(3)4;1-11(2)14(18)20-8-13(17-10-16(5,6)7)9-21-15(19)12(3)4;1-11(2)14(18)20-9-13(21-15(19)12(3)4)8-17-10-16(5,6)7;1-10(2)11(14)15-8-6-7-13-9-12(3,4)5;1-9(2)10(13)14-7-6-12-8-11(3,4)5/h22H,1,3,5,10-13H2,2,4,6-9H3;1,3,8-12H2,2,4-7H3;2*13,17H,1,3,8-10H2,2,4-7H3;13H,1,6-9H2,2-5H3;12H,1,6-8H2,2-5H3. The van der Waals surface area contributed by atoms with Gasteiger partial charge in [0.15, 0.2) is 0 Å². The Kier molecular flexibility index (Phi) is 64.1. The maximum Gasteiger partial charge on any atom is 0.333 e. The van der Waals surface area contributed by atoms with Crippen LogP contribution in [0, 0.1) is 32.5 Å². The fourth-order valence-electron chi connectivity index (χ4n) is 7.69. The predicted molar refractivity (Wildman–Crippen MR) is 481 cm³/mol. The Morgan fingerprint density at radius 3 is 0.851 bits per heavy atom. The molecular weight excluding hydrogens is 1550 g/mol. The van der Waals surface area contributed by atoms with Gasteiger partial charge in [0.25, 0.3) is 0 Å². The van der Waals surface area contributed by atoms with Crippen molar-refractivity contribution in [2.45, 2.75) is 225 Å². The van der Waals surface area contributed by atoms with Gasteiger partial charge in [-0.15, -0.1) is 0 Å². The van der Waals surface area contributed by atoms with Crippen molar-refractivity contribution in [3.8, 4) is 0 Å². The van der Waals surface area contributed by atoms with Crippen LogP contribution in [0.25, 0.3) is 0 Å². The SMILES string of the molecule is C=C(C)C(=O)OCC(CNCC(C)(C)C)OC(=O)C(=C)C.C=C(C)C(=O)OCC(COC(=O)C(=C)C)(COC(=O)C(=C)C)NCC(C)(C)C.C=C(C)C(=O)OCC(COC(=O)C(=C)C)NCC(C)(C)C.C=C(C)C(=O)OCCCNCC(C)(C)C.C=C(C)C(=O)OCCN(CCOC(=O)C(=C)C)CC(C)(C)C.C=C(C)C(=O)OCCNCC(C)(C)C. The van der Waals surface area contributed by atoms with Gasteiger partial charge in [-0.3, -0.25) is 4.90 Å². The molecule has 0 spiro atoms. The third-order valence-electron chi connectivity index (χ3n) is 14.3. The van der Waals surface area contributed by atoms with Crippen molar-refractivity contribution in [3.63, 3.8) is 0 Å². The van der Waals surface area contributed by atoms with Gasteiger partial charge < -0.3 is 78.7 Å². The Bertz CT molecular complexity index is 3270. The molecule has 0 aliphatic heterocycles. The number of rotatable bonds is 47. The van der Waals surface area contributed by atoms with E-state index in [2.05, 4.69) is 208 Å². The molecule has 5 N–H and O–H groups in total. The molecule has 0 aromatic rings. The van der Waals surface area contributed by atoms with Gasteiger partial charge in [-0.25, -0.2) is 52.7 Å². The summed E-state index contributed by atoms with van der Waals surface area (Å²) in [5.41, 5.74) is 3.18. The first-order chi connectivity index (χ1) is 54.9. The molecule has 1 atom stereocenters. The van der Waals surface area contributed by atoms with Gasteiger partial charge in [0.1, 0.15) is 71.1 Å². The maximum atomic E-state index is 11.9. The Hall–Kier alpha value is -8.93. The van der Waals surface area contributed by atoms with E-state index in [0.29, 0.717) is 102 Å². The van der Waals surface area contributed by atoms with Crippen LogP contribution in [0.5, 0.6) is 0 Å². The van der Waals surface area contributed by atoms with Crippen LogP contribution in [0.15, 0.2) is 134 Å². The molecule has 0 radical (unpaired) electrons. The zero-order valence-corrected chi connectivity index (χ0v) is 79.9. The molecule has 694 valence electrons. The minimum Gasteiger partial charge on any atom is -0.462 e.